The number of ether oxygens (including phenoxy) is 2. The number of benzene rings is 2. The van der Waals surface area contributed by atoms with Crippen molar-refractivity contribution in [3.63, 3.8) is 0 Å². The van der Waals surface area contributed by atoms with E-state index in [4.69, 9.17) is 9.47 Å². The Morgan fingerprint density at radius 1 is 1.04 bits per heavy atom. The summed E-state index contributed by atoms with van der Waals surface area (Å²) in [5.41, 5.74) is 1.86. The van der Waals surface area contributed by atoms with Crippen molar-refractivity contribution in [2.45, 2.75) is 12.2 Å². The molecule has 0 N–H and O–H groups in total. The molecule has 2 aromatic carbocycles. The summed E-state index contributed by atoms with van der Waals surface area (Å²) in [4.78, 5) is 12.9. The van der Waals surface area contributed by atoms with Crippen molar-refractivity contribution in [2.75, 3.05) is 33.8 Å². The second-order valence-electron chi connectivity index (χ2n) is 6.83. The van der Waals surface area contributed by atoms with Gasteiger partial charge in [-0.1, -0.05) is 60.7 Å². The molecule has 126 valence electrons. The quantitative estimate of drug-likeness (QED) is 0.640. The van der Waals surface area contributed by atoms with Gasteiger partial charge in [-0.3, -0.25) is 4.79 Å². The third-order valence-electron chi connectivity index (χ3n) is 4.39. The molecule has 4 nitrogen and oxygen atoms in total. The second-order valence-corrected chi connectivity index (χ2v) is 6.83. The number of likely N-dealkylation sites (N-methyl/N-ethyl adjacent to an activating group) is 1. The summed E-state index contributed by atoms with van der Waals surface area (Å²) in [6.45, 7) is 2.20. The third kappa shape index (κ3) is 4.02. The van der Waals surface area contributed by atoms with Crippen LogP contribution in [0.5, 0.6) is 0 Å². The Kier molecular flexibility index (Phi) is 4.97. The molecule has 0 saturated carbocycles. The van der Waals surface area contributed by atoms with Crippen molar-refractivity contribution in [2.24, 2.45) is 0 Å². The number of rotatable bonds is 4. The van der Waals surface area contributed by atoms with Crippen molar-refractivity contribution in [3.05, 3.63) is 71.8 Å². The Hall–Kier alpha value is -2.17. The normalized spacial score (nSPS) is 19.9. The predicted molar refractivity (Wildman–Crippen MR) is 92.4 cm³/mol. The summed E-state index contributed by atoms with van der Waals surface area (Å²) < 4.78 is 12.2. The zero-order valence-electron chi connectivity index (χ0n) is 14.2. The molecule has 1 aliphatic rings. The lowest BCUT2D eigenvalue weighted by Crippen LogP contribution is -2.53. The van der Waals surface area contributed by atoms with Crippen LogP contribution in [-0.2, 0) is 14.3 Å². The van der Waals surface area contributed by atoms with Crippen LogP contribution in [0.25, 0.3) is 0 Å². The zero-order chi connectivity index (χ0) is 17.0. The minimum Gasteiger partial charge on any atom is -0.429 e. The van der Waals surface area contributed by atoms with Crippen molar-refractivity contribution < 1.29 is 18.8 Å². The standard InChI is InChI=1S/C20H24NO3/c1-21(2)13-14-23-18(15-21)24-20(22)19(16-9-5-3-6-10-16)17-11-7-4-8-12-17/h3-12,18-19H,13-15H2,1-2H3/q+1. The summed E-state index contributed by atoms with van der Waals surface area (Å²) >= 11 is 0. The van der Waals surface area contributed by atoms with Gasteiger partial charge in [-0.05, 0) is 11.1 Å². The maximum atomic E-state index is 12.9. The fourth-order valence-electron chi connectivity index (χ4n) is 3.00. The van der Waals surface area contributed by atoms with Gasteiger partial charge in [0, 0.05) is 0 Å². The van der Waals surface area contributed by atoms with E-state index in [9.17, 15) is 4.79 Å². The van der Waals surface area contributed by atoms with Crippen LogP contribution in [0.4, 0.5) is 0 Å². The molecule has 1 fully saturated rings. The lowest BCUT2D eigenvalue weighted by molar-refractivity contribution is -0.905. The molecule has 0 amide bonds. The molecule has 0 aliphatic carbocycles. The largest absolute Gasteiger partial charge is 0.429 e. The van der Waals surface area contributed by atoms with Gasteiger partial charge in [-0.2, -0.15) is 0 Å². The fraction of sp³-hybridized carbons (Fsp3) is 0.350. The Morgan fingerprint density at radius 3 is 2.08 bits per heavy atom. The Bertz CT molecular complexity index is 630. The van der Waals surface area contributed by atoms with Crippen molar-refractivity contribution in [1.29, 1.82) is 0 Å². The number of hydrogen-bond donors (Lipinski definition) is 0. The van der Waals surface area contributed by atoms with Gasteiger partial charge in [-0.15, -0.1) is 0 Å². The van der Waals surface area contributed by atoms with Crippen LogP contribution in [0.15, 0.2) is 60.7 Å². The van der Waals surface area contributed by atoms with E-state index in [1.165, 1.54) is 0 Å². The van der Waals surface area contributed by atoms with Crippen LogP contribution < -0.4 is 0 Å². The molecule has 2 aromatic rings. The Labute approximate surface area is 143 Å². The molecule has 0 radical (unpaired) electrons. The van der Waals surface area contributed by atoms with Gasteiger partial charge in [-0.25, -0.2) is 0 Å². The van der Waals surface area contributed by atoms with Gasteiger partial charge < -0.3 is 14.0 Å². The molecule has 0 spiro atoms. The molecular formula is C20H24NO3+. The van der Waals surface area contributed by atoms with E-state index in [-0.39, 0.29) is 5.97 Å². The first-order chi connectivity index (χ1) is 11.6. The highest BCUT2D eigenvalue weighted by Gasteiger charge is 2.33. The molecule has 4 heteroatoms. The number of hydrogen-bond acceptors (Lipinski definition) is 3. The molecule has 0 aromatic heterocycles. The lowest BCUT2D eigenvalue weighted by atomic mass is 9.91. The summed E-state index contributed by atoms with van der Waals surface area (Å²) in [6.07, 6.45) is -0.490. The minimum atomic E-state index is -0.490. The van der Waals surface area contributed by atoms with E-state index in [2.05, 4.69) is 14.1 Å². The smallest absolute Gasteiger partial charge is 0.320 e. The van der Waals surface area contributed by atoms with E-state index in [0.717, 1.165) is 22.2 Å². The fourth-order valence-corrected chi connectivity index (χ4v) is 3.00. The van der Waals surface area contributed by atoms with Gasteiger partial charge in [0.1, 0.15) is 25.6 Å². The highest BCUT2D eigenvalue weighted by atomic mass is 16.7. The van der Waals surface area contributed by atoms with Gasteiger partial charge in [0.2, 0.25) is 0 Å². The van der Waals surface area contributed by atoms with E-state index in [0.29, 0.717) is 13.2 Å². The van der Waals surface area contributed by atoms with Gasteiger partial charge >= 0.3 is 5.97 Å². The molecule has 3 rings (SSSR count). The molecule has 1 heterocycles. The van der Waals surface area contributed by atoms with Crippen molar-refractivity contribution in [1.82, 2.24) is 0 Å². The van der Waals surface area contributed by atoms with Crippen molar-refractivity contribution in [3.8, 4) is 0 Å². The topological polar surface area (TPSA) is 35.5 Å². The first kappa shape index (κ1) is 16.7. The summed E-state index contributed by atoms with van der Waals surface area (Å²) in [5, 5.41) is 0. The van der Waals surface area contributed by atoms with E-state index < -0.39 is 12.2 Å². The van der Waals surface area contributed by atoms with E-state index >= 15 is 0 Å². The Morgan fingerprint density at radius 2 is 1.58 bits per heavy atom. The molecule has 0 bridgehead atoms. The minimum absolute atomic E-state index is 0.265. The zero-order valence-corrected chi connectivity index (χ0v) is 14.2. The highest BCUT2D eigenvalue weighted by Crippen LogP contribution is 2.27. The van der Waals surface area contributed by atoms with Crippen LogP contribution in [-0.4, -0.2) is 50.5 Å². The van der Waals surface area contributed by atoms with Gasteiger partial charge in [0.15, 0.2) is 0 Å². The predicted octanol–water partition coefficient (Wildman–Crippen LogP) is 2.79. The number of morpholine rings is 1. The van der Waals surface area contributed by atoms with Gasteiger partial charge in [0.05, 0.1) is 14.1 Å². The van der Waals surface area contributed by atoms with Gasteiger partial charge in [0.25, 0.3) is 6.29 Å². The SMILES string of the molecule is C[N+]1(C)CCOC(OC(=O)C(c2ccccc2)c2ccccc2)C1. The first-order valence-electron chi connectivity index (χ1n) is 8.29. The molecule has 1 saturated heterocycles. The van der Waals surface area contributed by atoms with Crippen LogP contribution in [0, 0.1) is 0 Å². The highest BCUT2D eigenvalue weighted by molar-refractivity contribution is 5.82. The van der Waals surface area contributed by atoms with Crippen LogP contribution in [0.2, 0.25) is 0 Å². The average Bonchev–Trinajstić information content (AvgIpc) is 2.56. The number of carbonyl (C=O) groups is 1. The average molecular weight is 326 g/mol. The maximum absolute atomic E-state index is 12.9. The number of esters is 1. The summed E-state index contributed by atoms with van der Waals surface area (Å²) in [5.74, 6) is -0.701. The van der Waals surface area contributed by atoms with Crippen LogP contribution in [0.1, 0.15) is 17.0 Å². The number of quaternary nitrogens is 1. The molecular weight excluding hydrogens is 302 g/mol. The van der Waals surface area contributed by atoms with E-state index in [1.807, 2.05) is 60.7 Å². The monoisotopic (exact) mass is 326 g/mol. The number of nitrogens with zero attached hydrogens (tertiary/aromatic N) is 1. The summed E-state index contributed by atoms with van der Waals surface area (Å²) in [6, 6.07) is 19.5. The number of carbonyl (C=O) groups excluding carboxylic acids is 1. The lowest BCUT2D eigenvalue weighted by Gasteiger charge is -2.37. The maximum Gasteiger partial charge on any atom is 0.320 e. The second kappa shape index (κ2) is 7.16. The molecule has 1 atom stereocenters. The first-order valence-corrected chi connectivity index (χ1v) is 8.29. The van der Waals surface area contributed by atoms with Crippen LogP contribution in [0.3, 0.4) is 0 Å². The van der Waals surface area contributed by atoms with Crippen LogP contribution >= 0.6 is 0 Å². The van der Waals surface area contributed by atoms with E-state index in [1.54, 1.807) is 0 Å². The summed E-state index contributed by atoms with van der Waals surface area (Å²) in [7, 11) is 4.24. The third-order valence-corrected chi connectivity index (χ3v) is 4.39. The Balaban J connectivity index is 1.82. The van der Waals surface area contributed by atoms with Crippen molar-refractivity contribution >= 4 is 5.97 Å². The molecule has 1 aliphatic heterocycles. The molecule has 24 heavy (non-hydrogen) atoms. The molecule has 1 unspecified atom stereocenters.